The second-order valence-electron chi connectivity index (χ2n) is 15.8. The molecule has 9 aromatic carbocycles. The molecule has 12 rings (SSSR count). The Morgan fingerprint density at radius 3 is 1.17 bits per heavy atom. The maximum Gasteiger partial charge on any atom is 0.252 e. The highest BCUT2D eigenvalue weighted by Crippen LogP contribution is 2.44. The number of hydrogen-bond acceptors (Lipinski definition) is 4. The molecule has 0 aliphatic carbocycles. The molecule has 3 aliphatic rings. The summed E-state index contributed by atoms with van der Waals surface area (Å²) in [5.41, 5.74) is 20.4. The Kier molecular flexibility index (Phi) is 8.02. The number of anilines is 11. The number of benzene rings is 9. The summed E-state index contributed by atoms with van der Waals surface area (Å²) in [5, 5.41) is 4.00. The van der Waals surface area contributed by atoms with Crippen molar-refractivity contribution in [3.05, 3.63) is 224 Å². The molecule has 0 bridgehead atoms. The van der Waals surface area contributed by atoms with Crippen molar-refractivity contribution in [1.29, 1.82) is 0 Å². The van der Waals surface area contributed by atoms with E-state index >= 15 is 0 Å². The summed E-state index contributed by atoms with van der Waals surface area (Å²) < 4.78 is 0. The zero-order valence-corrected chi connectivity index (χ0v) is 32.9. The van der Waals surface area contributed by atoms with E-state index in [4.69, 9.17) is 0 Å². The van der Waals surface area contributed by atoms with Gasteiger partial charge in [0.05, 0.1) is 0 Å². The monoisotopic (exact) mass is 764 g/mol. The van der Waals surface area contributed by atoms with Crippen molar-refractivity contribution in [1.82, 2.24) is 0 Å². The van der Waals surface area contributed by atoms with Gasteiger partial charge in [-0.2, -0.15) is 0 Å². The lowest BCUT2D eigenvalue weighted by Gasteiger charge is -2.44. The van der Waals surface area contributed by atoms with Crippen LogP contribution in [0.2, 0.25) is 0 Å². The van der Waals surface area contributed by atoms with Gasteiger partial charge in [-0.15, -0.1) is 0 Å². The summed E-state index contributed by atoms with van der Waals surface area (Å²) in [7, 11) is 0. The Balaban J connectivity index is 1.16. The normalized spacial score (nSPS) is 13.2. The van der Waals surface area contributed by atoms with Gasteiger partial charge in [-0.3, -0.25) is 0 Å². The van der Waals surface area contributed by atoms with Gasteiger partial charge in [0, 0.05) is 62.6 Å². The molecule has 0 amide bonds. The van der Waals surface area contributed by atoms with Crippen molar-refractivity contribution in [2.45, 2.75) is 0 Å². The van der Waals surface area contributed by atoms with Crippen molar-refractivity contribution >= 4 is 109 Å². The summed E-state index contributed by atoms with van der Waals surface area (Å²) in [6, 6.07) is 81.8. The molecule has 280 valence electrons. The smallest absolute Gasteiger partial charge is 0.252 e. The molecular formula is C54H38B2N4. The second-order valence-corrected chi connectivity index (χ2v) is 15.8. The molecule has 3 aliphatic heterocycles. The van der Waals surface area contributed by atoms with E-state index in [0.29, 0.717) is 0 Å². The van der Waals surface area contributed by atoms with E-state index in [-0.39, 0.29) is 13.4 Å². The minimum atomic E-state index is -0.0635. The van der Waals surface area contributed by atoms with Gasteiger partial charge in [0.25, 0.3) is 6.71 Å². The van der Waals surface area contributed by atoms with Crippen LogP contribution >= 0.6 is 0 Å². The first-order chi connectivity index (χ1) is 29.8. The van der Waals surface area contributed by atoms with Crippen LogP contribution in [0.4, 0.5) is 62.6 Å². The van der Waals surface area contributed by atoms with Crippen molar-refractivity contribution in [2.75, 3.05) is 20.0 Å². The highest BCUT2D eigenvalue weighted by Gasteiger charge is 2.45. The number of hydrogen-bond donors (Lipinski definition) is 1. The van der Waals surface area contributed by atoms with Gasteiger partial charge in [-0.05, 0) is 124 Å². The van der Waals surface area contributed by atoms with E-state index in [9.17, 15) is 0 Å². The fraction of sp³-hybridized carbons (Fsp3) is 0. The average molecular weight is 765 g/mol. The Bertz CT molecular complexity index is 3000. The van der Waals surface area contributed by atoms with Crippen LogP contribution in [0.15, 0.2) is 224 Å². The Labute approximate surface area is 351 Å². The second kappa shape index (κ2) is 14.0. The van der Waals surface area contributed by atoms with Crippen molar-refractivity contribution in [2.24, 2.45) is 0 Å². The topological polar surface area (TPSA) is 21.8 Å². The van der Waals surface area contributed by atoms with E-state index in [1.54, 1.807) is 0 Å². The van der Waals surface area contributed by atoms with Crippen LogP contribution in [0.5, 0.6) is 0 Å². The molecule has 60 heavy (non-hydrogen) atoms. The molecule has 0 saturated carbocycles. The third kappa shape index (κ3) is 5.34. The lowest BCUT2D eigenvalue weighted by atomic mass is 9.31. The first kappa shape index (κ1) is 34.4. The van der Waals surface area contributed by atoms with Gasteiger partial charge in [0.1, 0.15) is 0 Å². The Morgan fingerprint density at radius 1 is 0.283 bits per heavy atom. The first-order valence-corrected chi connectivity index (χ1v) is 20.8. The molecule has 0 saturated heterocycles. The summed E-state index contributed by atoms with van der Waals surface area (Å²) >= 11 is 0. The van der Waals surface area contributed by atoms with Crippen LogP contribution in [0, 0.1) is 0 Å². The van der Waals surface area contributed by atoms with Crippen LogP contribution in [-0.4, -0.2) is 13.4 Å². The van der Waals surface area contributed by atoms with E-state index in [1.165, 1.54) is 66.9 Å². The predicted octanol–water partition coefficient (Wildman–Crippen LogP) is 9.81. The van der Waals surface area contributed by atoms with Crippen LogP contribution in [-0.2, 0) is 0 Å². The van der Waals surface area contributed by atoms with E-state index in [1.807, 2.05) is 0 Å². The molecule has 1 N–H and O–H groups in total. The standard InChI is InChI=1S/C54H38B2N4/c1-5-20-38(21-6-1)57-47-36-46-53(37-45(47)55-42-28-13-16-31-48(42)58(39-22-7-2-8-23-39)49-32-17-14-29-43(49)55)60(41-26-11-4-12-27-41)52-35-19-34-51-54(52)56(46)44-30-15-18-33-50(44)59(51)40-24-9-3-10-25-40/h1-37,57H. The number of fused-ring (bicyclic) bond motifs is 6. The fourth-order valence-corrected chi connectivity index (χ4v) is 10.0. The minimum absolute atomic E-state index is 0.00722. The zero-order chi connectivity index (χ0) is 39.6. The van der Waals surface area contributed by atoms with Gasteiger partial charge < -0.3 is 20.0 Å². The molecular weight excluding hydrogens is 726 g/mol. The van der Waals surface area contributed by atoms with Crippen molar-refractivity contribution < 1.29 is 0 Å². The van der Waals surface area contributed by atoms with Gasteiger partial charge >= 0.3 is 0 Å². The molecule has 6 heteroatoms. The lowest BCUT2D eigenvalue weighted by molar-refractivity contribution is 1.25. The largest absolute Gasteiger partial charge is 0.356 e. The van der Waals surface area contributed by atoms with E-state index in [0.717, 1.165) is 28.4 Å². The Morgan fingerprint density at radius 2 is 0.667 bits per heavy atom. The number of nitrogens with zero attached hydrogens (tertiary/aromatic N) is 3. The van der Waals surface area contributed by atoms with Crippen LogP contribution in [0.3, 0.4) is 0 Å². The highest BCUT2D eigenvalue weighted by atomic mass is 15.2. The molecule has 3 heterocycles. The van der Waals surface area contributed by atoms with E-state index < -0.39 is 0 Å². The molecule has 9 aromatic rings. The van der Waals surface area contributed by atoms with E-state index in [2.05, 4.69) is 244 Å². The lowest BCUT2D eigenvalue weighted by Crippen LogP contribution is -2.62. The fourth-order valence-electron chi connectivity index (χ4n) is 10.0. The minimum Gasteiger partial charge on any atom is -0.356 e. The molecule has 0 aromatic heterocycles. The van der Waals surface area contributed by atoms with Gasteiger partial charge in [-0.1, -0.05) is 133 Å². The van der Waals surface area contributed by atoms with Gasteiger partial charge in [0.2, 0.25) is 6.71 Å². The molecule has 4 nitrogen and oxygen atoms in total. The maximum atomic E-state index is 4.00. The molecule has 0 fully saturated rings. The van der Waals surface area contributed by atoms with Gasteiger partial charge in [0.15, 0.2) is 0 Å². The first-order valence-electron chi connectivity index (χ1n) is 20.8. The summed E-state index contributed by atoms with van der Waals surface area (Å²) in [6.45, 7) is -0.0707. The SMILES string of the molecule is c1ccc(Nc2cc3c(cc2B2c4ccccc4N(c4ccccc4)c4ccccc42)N(c2ccccc2)c2cccc4c2B3c2ccccc2N4c2ccccc2)cc1. The van der Waals surface area contributed by atoms with Crippen molar-refractivity contribution in [3.63, 3.8) is 0 Å². The molecule has 0 unspecified atom stereocenters. The molecule has 0 spiro atoms. The van der Waals surface area contributed by atoms with Crippen LogP contribution < -0.4 is 52.8 Å². The maximum absolute atomic E-state index is 4.00. The highest BCUT2D eigenvalue weighted by molar-refractivity contribution is 7.01. The molecule has 0 atom stereocenters. The zero-order valence-electron chi connectivity index (χ0n) is 32.9. The third-order valence-corrected chi connectivity index (χ3v) is 12.5. The Hall–Kier alpha value is -7.69. The average Bonchev–Trinajstić information content (AvgIpc) is 3.32. The van der Waals surface area contributed by atoms with Crippen LogP contribution in [0.1, 0.15) is 0 Å². The molecule has 0 radical (unpaired) electrons. The van der Waals surface area contributed by atoms with Crippen LogP contribution in [0.25, 0.3) is 0 Å². The van der Waals surface area contributed by atoms with Crippen molar-refractivity contribution in [3.8, 4) is 0 Å². The summed E-state index contributed by atoms with van der Waals surface area (Å²) in [5.74, 6) is 0. The number of nitrogens with one attached hydrogen (secondary N) is 1. The van der Waals surface area contributed by atoms with Gasteiger partial charge in [-0.25, -0.2) is 0 Å². The predicted molar refractivity (Wildman–Crippen MR) is 256 cm³/mol. The summed E-state index contributed by atoms with van der Waals surface area (Å²) in [4.78, 5) is 7.38. The quantitative estimate of drug-likeness (QED) is 0.170. The third-order valence-electron chi connectivity index (χ3n) is 12.5. The number of para-hydroxylation sites is 7. The number of rotatable bonds is 6. The summed E-state index contributed by atoms with van der Waals surface area (Å²) in [6.07, 6.45) is 0.